The van der Waals surface area contributed by atoms with Crippen molar-refractivity contribution < 1.29 is 9.53 Å². The highest BCUT2D eigenvalue weighted by atomic mass is 32.2. The first-order valence-corrected chi connectivity index (χ1v) is 12.9. The van der Waals surface area contributed by atoms with Crippen LogP contribution >= 0.6 is 23.1 Å². The molecule has 0 unspecified atom stereocenters. The Kier molecular flexibility index (Phi) is 6.60. The largest absolute Gasteiger partial charge is 0.497 e. The van der Waals surface area contributed by atoms with Gasteiger partial charge in [-0.25, -0.2) is 4.98 Å². The molecule has 6 nitrogen and oxygen atoms in total. The van der Waals surface area contributed by atoms with Gasteiger partial charge in [0, 0.05) is 17.8 Å². The van der Waals surface area contributed by atoms with E-state index in [1.807, 2.05) is 66.4 Å². The molecular formula is C26H24N4O2S2. The third-order valence-electron chi connectivity index (χ3n) is 5.76. The molecule has 0 spiro atoms. The molecule has 2 aromatic heterocycles. The lowest BCUT2D eigenvalue weighted by Crippen LogP contribution is -2.36. The minimum atomic E-state index is 0.102. The summed E-state index contributed by atoms with van der Waals surface area (Å²) in [4.78, 5) is 20.5. The molecule has 8 heteroatoms. The second-order valence-corrected chi connectivity index (χ2v) is 9.98. The summed E-state index contributed by atoms with van der Waals surface area (Å²) in [6, 6.07) is 19.9. The number of nitrogens with zero attached hydrogens (tertiary/aromatic N) is 4. The van der Waals surface area contributed by atoms with Gasteiger partial charge >= 0.3 is 0 Å². The van der Waals surface area contributed by atoms with Crippen molar-refractivity contribution in [2.45, 2.75) is 24.8 Å². The summed E-state index contributed by atoms with van der Waals surface area (Å²) >= 11 is 3.02. The van der Waals surface area contributed by atoms with E-state index >= 15 is 0 Å². The van der Waals surface area contributed by atoms with Crippen LogP contribution in [0.1, 0.15) is 17.7 Å². The van der Waals surface area contributed by atoms with Crippen LogP contribution in [0.15, 0.2) is 65.7 Å². The van der Waals surface area contributed by atoms with Crippen molar-refractivity contribution in [2.24, 2.45) is 0 Å². The van der Waals surface area contributed by atoms with Crippen molar-refractivity contribution in [1.29, 1.82) is 0 Å². The van der Waals surface area contributed by atoms with Crippen molar-refractivity contribution in [3.8, 4) is 26.9 Å². The van der Waals surface area contributed by atoms with E-state index in [2.05, 4.69) is 16.3 Å². The van der Waals surface area contributed by atoms with E-state index in [1.165, 1.54) is 17.3 Å². The number of thiazole rings is 1. The number of para-hydroxylation sites is 1. The summed E-state index contributed by atoms with van der Waals surface area (Å²) < 4.78 is 5.24. The molecule has 1 aliphatic heterocycles. The van der Waals surface area contributed by atoms with E-state index in [0.717, 1.165) is 62.7 Å². The van der Waals surface area contributed by atoms with Crippen LogP contribution in [0.3, 0.4) is 0 Å². The van der Waals surface area contributed by atoms with Crippen LogP contribution in [0.4, 0.5) is 5.69 Å². The topological polar surface area (TPSA) is 68.2 Å². The third-order valence-corrected chi connectivity index (χ3v) is 7.89. The van der Waals surface area contributed by atoms with Crippen LogP contribution in [0.2, 0.25) is 0 Å². The lowest BCUT2D eigenvalue weighted by molar-refractivity contribution is -0.116. The average Bonchev–Trinajstić information content (AvgIpc) is 3.28. The Labute approximate surface area is 207 Å². The second-order valence-electron chi connectivity index (χ2n) is 7.99. The summed E-state index contributed by atoms with van der Waals surface area (Å²) in [6.07, 6.45) is 2.02. The molecular weight excluding hydrogens is 464 g/mol. The maximum Gasteiger partial charge on any atom is 0.237 e. The zero-order valence-electron chi connectivity index (χ0n) is 19.0. The van der Waals surface area contributed by atoms with Gasteiger partial charge in [-0.15, -0.1) is 21.5 Å². The van der Waals surface area contributed by atoms with E-state index in [-0.39, 0.29) is 5.91 Å². The van der Waals surface area contributed by atoms with Gasteiger partial charge in [-0.1, -0.05) is 30.0 Å². The van der Waals surface area contributed by atoms with Crippen LogP contribution in [-0.2, 0) is 11.2 Å². The van der Waals surface area contributed by atoms with Gasteiger partial charge < -0.3 is 9.64 Å². The van der Waals surface area contributed by atoms with E-state index < -0.39 is 0 Å². The monoisotopic (exact) mass is 488 g/mol. The highest BCUT2D eigenvalue weighted by molar-refractivity contribution is 7.99. The zero-order valence-corrected chi connectivity index (χ0v) is 20.7. The summed E-state index contributed by atoms with van der Waals surface area (Å²) in [7, 11) is 1.66. The maximum atomic E-state index is 12.9. The molecule has 0 atom stereocenters. The van der Waals surface area contributed by atoms with Gasteiger partial charge in [0.05, 0.1) is 23.4 Å². The average molecular weight is 489 g/mol. The first kappa shape index (κ1) is 22.6. The van der Waals surface area contributed by atoms with Crippen LogP contribution < -0.4 is 9.64 Å². The molecule has 4 aromatic rings. The summed E-state index contributed by atoms with van der Waals surface area (Å²) in [5.74, 6) is 1.26. The van der Waals surface area contributed by atoms with Gasteiger partial charge in [-0.05, 0) is 67.8 Å². The predicted molar refractivity (Wildman–Crippen MR) is 138 cm³/mol. The number of hydrogen-bond donors (Lipinski definition) is 0. The number of amides is 1. The fourth-order valence-corrected chi connectivity index (χ4v) is 5.74. The first-order valence-electron chi connectivity index (χ1n) is 11.1. The number of benzene rings is 2. The number of carbonyl (C=O) groups is 1. The molecule has 3 heterocycles. The Morgan fingerprint density at radius 3 is 2.68 bits per heavy atom. The van der Waals surface area contributed by atoms with Crippen molar-refractivity contribution in [3.63, 3.8) is 0 Å². The number of rotatable bonds is 6. The minimum absolute atomic E-state index is 0.102. The Morgan fingerprint density at radius 2 is 1.91 bits per heavy atom. The molecule has 0 aliphatic carbocycles. The molecule has 0 fully saturated rings. The standard InChI is InChI=1S/C26H24N4O2S2/c1-17-25(34-26(27-17)19-9-11-20(32-2)12-10-19)21-13-14-23(29-28-21)33-16-24(31)30-15-5-7-18-6-3-4-8-22(18)30/h3-4,6,8-14H,5,7,15-16H2,1-2H3. The van der Waals surface area contributed by atoms with Gasteiger partial charge in [0.2, 0.25) is 5.91 Å². The second kappa shape index (κ2) is 9.95. The molecule has 1 amide bonds. The van der Waals surface area contributed by atoms with E-state index in [9.17, 15) is 4.79 Å². The van der Waals surface area contributed by atoms with Crippen molar-refractivity contribution in [2.75, 3.05) is 24.3 Å². The lowest BCUT2D eigenvalue weighted by atomic mass is 10.0. The predicted octanol–water partition coefficient (Wildman–Crippen LogP) is 5.66. The summed E-state index contributed by atoms with van der Waals surface area (Å²) in [5.41, 5.74) is 5.03. The van der Waals surface area contributed by atoms with Crippen molar-refractivity contribution in [1.82, 2.24) is 15.2 Å². The number of fused-ring (bicyclic) bond motifs is 1. The maximum absolute atomic E-state index is 12.9. The van der Waals surface area contributed by atoms with Gasteiger partial charge in [0.1, 0.15) is 21.5 Å². The number of carbonyl (C=O) groups excluding carboxylic acids is 1. The Balaban J connectivity index is 1.26. The van der Waals surface area contributed by atoms with Crippen LogP contribution in [0.25, 0.3) is 21.1 Å². The first-order chi connectivity index (χ1) is 16.6. The minimum Gasteiger partial charge on any atom is -0.497 e. The van der Waals surface area contributed by atoms with Crippen LogP contribution in [-0.4, -0.2) is 40.5 Å². The van der Waals surface area contributed by atoms with Crippen LogP contribution in [0, 0.1) is 6.92 Å². The van der Waals surface area contributed by atoms with E-state index in [4.69, 9.17) is 9.72 Å². The number of hydrogen-bond acceptors (Lipinski definition) is 7. The van der Waals surface area contributed by atoms with Gasteiger partial charge in [0.25, 0.3) is 0 Å². The highest BCUT2D eigenvalue weighted by Gasteiger charge is 2.22. The van der Waals surface area contributed by atoms with E-state index in [0.29, 0.717) is 5.75 Å². The summed E-state index contributed by atoms with van der Waals surface area (Å²) in [6.45, 7) is 2.75. The SMILES string of the molecule is COc1ccc(-c2nc(C)c(-c3ccc(SCC(=O)N4CCCc5ccccc54)nn3)s2)cc1. The zero-order chi connectivity index (χ0) is 23.5. The molecule has 0 N–H and O–H groups in total. The highest BCUT2D eigenvalue weighted by Crippen LogP contribution is 2.35. The Morgan fingerprint density at radius 1 is 1.09 bits per heavy atom. The Bertz CT molecular complexity index is 1300. The van der Waals surface area contributed by atoms with E-state index in [1.54, 1.807) is 18.4 Å². The molecule has 2 aromatic carbocycles. The molecule has 0 saturated heterocycles. The quantitative estimate of drug-likeness (QED) is 0.327. The van der Waals surface area contributed by atoms with Crippen LogP contribution in [0.5, 0.6) is 5.75 Å². The molecule has 1 aliphatic rings. The molecule has 0 saturated carbocycles. The number of anilines is 1. The fraction of sp³-hybridized carbons (Fsp3) is 0.231. The normalized spacial score (nSPS) is 12.9. The van der Waals surface area contributed by atoms with Gasteiger partial charge in [-0.3, -0.25) is 4.79 Å². The Hall–Kier alpha value is -3.23. The molecule has 0 bridgehead atoms. The van der Waals surface area contributed by atoms with Crippen molar-refractivity contribution >= 4 is 34.7 Å². The number of thioether (sulfide) groups is 1. The molecule has 0 radical (unpaired) electrons. The fourth-order valence-electron chi connectivity index (χ4n) is 4.02. The van der Waals surface area contributed by atoms with Crippen molar-refractivity contribution in [3.05, 3.63) is 71.9 Å². The lowest BCUT2D eigenvalue weighted by Gasteiger charge is -2.29. The van der Waals surface area contributed by atoms with Gasteiger partial charge in [-0.2, -0.15) is 0 Å². The third kappa shape index (κ3) is 4.69. The number of methoxy groups -OCH3 is 1. The summed E-state index contributed by atoms with van der Waals surface area (Å²) in [5, 5.41) is 10.5. The number of aryl methyl sites for hydroxylation is 2. The molecule has 172 valence electrons. The van der Waals surface area contributed by atoms with Gasteiger partial charge in [0.15, 0.2) is 0 Å². The number of ether oxygens (including phenoxy) is 1. The molecule has 34 heavy (non-hydrogen) atoms. The molecule has 5 rings (SSSR count). The smallest absolute Gasteiger partial charge is 0.237 e. The number of aromatic nitrogens is 3.